The van der Waals surface area contributed by atoms with E-state index in [9.17, 15) is 12.8 Å². The van der Waals surface area contributed by atoms with Crippen LogP contribution in [0.25, 0.3) is 0 Å². The molecular weight excluding hydrogens is 387 g/mol. The number of benzene rings is 1. The van der Waals surface area contributed by atoms with Crippen molar-refractivity contribution in [2.45, 2.75) is 18.4 Å². The average molecular weight is 410 g/mol. The second kappa shape index (κ2) is 8.33. The van der Waals surface area contributed by atoms with Gasteiger partial charge in [0.05, 0.1) is 24.7 Å². The molecule has 3 rings (SSSR count). The van der Waals surface area contributed by atoms with Crippen molar-refractivity contribution in [1.29, 1.82) is 0 Å². The maximum absolute atomic E-state index is 13.3. The first kappa shape index (κ1) is 20.4. The fraction of sp³-hybridized carbons (Fsp3) is 0.471. The Kier molecular flexibility index (Phi) is 6.06. The molecule has 0 spiro atoms. The predicted octanol–water partition coefficient (Wildman–Crippen LogP) is 0.700. The first-order chi connectivity index (χ1) is 13.3. The average Bonchev–Trinajstić information content (AvgIpc) is 2.66. The number of rotatable bonds is 6. The molecule has 1 aliphatic heterocycles. The molecule has 28 heavy (non-hydrogen) atoms. The van der Waals surface area contributed by atoms with Gasteiger partial charge in [-0.15, -0.1) is 0 Å². The summed E-state index contributed by atoms with van der Waals surface area (Å²) >= 11 is 0. The molecule has 1 saturated heterocycles. The van der Waals surface area contributed by atoms with Gasteiger partial charge in [0.2, 0.25) is 21.9 Å². The van der Waals surface area contributed by atoms with Gasteiger partial charge in [0.1, 0.15) is 5.82 Å². The summed E-state index contributed by atoms with van der Waals surface area (Å²) < 4.78 is 46.3. The Balaban J connectivity index is 1.83. The molecule has 9 nitrogen and oxygen atoms in total. The maximum atomic E-state index is 13.3. The van der Waals surface area contributed by atoms with E-state index in [0.29, 0.717) is 49.6 Å². The largest absolute Gasteiger partial charge is 0.378 e. The van der Waals surface area contributed by atoms with Crippen LogP contribution in [-0.2, 0) is 21.3 Å². The lowest BCUT2D eigenvalue weighted by Gasteiger charge is -2.27. The molecule has 0 saturated carbocycles. The normalized spacial score (nSPS) is 14.9. The Bertz CT molecular complexity index is 948. The van der Waals surface area contributed by atoms with Gasteiger partial charge < -0.3 is 14.5 Å². The van der Waals surface area contributed by atoms with Gasteiger partial charge in [0, 0.05) is 27.2 Å². The lowest BCUT2D eigenvalue weighted by atomic mass is 10.2. The number of nitrogens with zero attached hydrogens (tertiary/aromatic N) is 5. The number of aromatic nitrogens is 3. The van der Waals surface area contributed by atoms with Crippen LogP contribution >= 0.6 is 0 Å². The van der Waals surface area contributed by atoms with Gasteiger partial charge in [-0.05, 0) is 30.7 Å². The van der Waals surface area contributed by atoms with Crippen molar-refractivity contribution in [3.63, 3.8) is 0 Å². The summed E-state index contributed by atoms with van der Waals surface area (Å²) in [4.78, 5) is 16.9. The van der Waals surface area contributed by atoms with E-state index in [1.807, 2.05) is 4.90 Å². The van der Waals surface area contributed by atoms with Crippen LogP contribution in [-0.4, -0.2) is 63.8 Å². The number of aryl methyl sites for hydroxylation is 1. The zero-order chi connectivity index (χ0) is 20.3. The van der Waals surface area contributed by atoms with E-state index in [4.69, 9.17) is 4.74 Å². The van der Waals surface area contributed by atoms with E-state index in [-0.39, 0.29) is 11.4 Å². The van der Waals surface area contributed by atoms with Crippen molar-refractivity contribution in [2.24, 2.45) is 0 Å². The third-order valence-electron chi connectivity index (χ3n) is 4.20. The van der Waals surface area contributed by atoms with Gasteiger partial charge in [-0.1, -0.05) is 0 Å². The fourth-order valence-corrected chi connectivity index (χ4v) is 3.94. The predicted molar refractivity (Wildman–Crippen MR) is 102 cm³/mol. The molecule has 152 valence electrons. The van der Waals surface area contributed by atoms with Crippen LogP contribution in [0.4, 0.5) is 16.3 Å². The van der Waals surface area contributed by atoms with E-state index in [1.54, 1.807) is 25.9 Å². The summed E-state index contributed by atoms with van der Waals surface area (Å²) in [6, 6.07) is 3.54. The first-order valence-electron chi connectivity index (χ1n) is 8.77. The van der Waals surface area contributed by atoms with Gasteiger partial charge in [-0.25, -0.2) is 17.5 Å². The van der Waals surface area contributed by atoms with Crippen molar-refractivity contribution in [3.05, 3.63) is 35.4 Å². The number of nitrogens with one attached hydrogen (secondary N) is 1. The number of hydrogen-bond donors (Lipinski definition) is 1. The summed E-state index contributed by atoms with van der Waals surface area (Å²) in [7, 11) is -0.241. The third-order valence-corrected chi connectivity index (χ3v) is 5.76. The smallest absolute Gasteiger partial charge is 0.241 e. The molecule has 1 N–H and O–H groups in total. The van der Waals surface area contributed by atoms with Crippen LogP contribution in [0.1, 0.15) is 11.4 Å². The maximum Gasteiger partial charge on any atom is 0.241 e. The van der Waals surface area contributed by atoms with Crippen molar-refractivity contribution in [2.75, 3.05) is 50.2 Å². The number of hydrogen-bond acceptors (Lipinski definition) is 8. The minimum absolute atomic E-state index is 0.0178. The van der Waals surface area contributed by atoms with Crippen molar-refractivity contribution in [1.82, 2.24) is 19.7 Å². The lowest BCUT2D eigenvalue weighted by molar-refractivity contribution is 0.122. The quantitative estimate of drug-likeness (QED) is 0.743. The summed E-state index contributed by atoms with van der Waals surface area (Å²) in [6.07, 6.45) is 0. The SMILES string of the molecule is Cc1cc(F)ccc1S(=O)(=O)NCc1nc(N(C)C)nc(N2CCOCC2)n1. The van der Waals surface area contributed by atoms with Gasteiger partial charge in [0.25, 0.3) is 0 Å². The summed E-state index contributed by atoms with van der Waals surface area (Å²) in [5.74, 6) is 0.723. The first-order valence-corrected chi connectivity index (χ1v) is 10.3. The highest BCUT2D eigenvalue weighted by atomic mass is 32.2. The highest BCUT2D eigenvalue weighted by Crippen LogP contribution is 2.17. The molecule has 2 aromatic rings. The second-order valence-electron chi connectivity index (χ2n) is 6.58. The third kappa shape index (κ3) is 4.72. The Labute approximate surface area is 163 Å². The summed E-state index contributed by atoms with van der Waals surface area (Å²) in [5, 5.41) is 0. The van der Waals surface area contributed by atoms with E-state index in [2.05, 4.69) is 19.7 Å². The Morgan fingerprint density at radius 2 is 1.93 bits per heavy atom. The Hall–Kier alpha value is -2.37. The number of ether oxygens (including phenoxy) is 1. The molecule has 0 unspecified atom stereocenters. The highest BCUT2D eigenvalue weighted by Gasteiger charge is 2.20. The Morgan fingerprint density at radius 1 is 1.21 bits per heavy atom. The molecule has 0 radical (unpaired) electrons. The zero-order valence-corrected chi connectivity index (χ0v) is 16.8. The van der Waals surface area contributed by atoms with Crippen LogP contribution in [0, 0.1) is 12.7 Å². The van der Waals surface area contributed by atoms with Gasteiger partial charge >= 0.3 is 0 Å². The monoisotopic (exact) mass is 410 g/mol. The molecule has 0 amide bonds. The molecule has 2 heterocycles. The molecule has 0 aliphatic carbocycles. The lowest BCUT2D eigenvalue weighted by Crippen LogP contribution is -2.38. The van der Waals surface area contributed by atoms with Crippen LogP contribution in [0.15, 0.2) is 23.1 Å². The standard InChI is InChI=1S/C17H23FN6O3S/c1-12-10-13(18)4-5-14(12)28(25,26)19-11-15-20-16(23(2)3)22-17(21-15)24-6-8-27-9-7-24/h4-5,10,19H,6-9,11H2,1-3H3. The molecule has 11 heteroatoms. The molecule has 1 aromatic heterocycles. The van der Waals surface area contributed by atoms with Gasteiger partial charge in [-0.2, -0.15) is 15.0 Å². The van der Waals surface area contributed by atoms with E-state index < -0.39 is 15.8 Å². The van der Waals surface area contributed by atoms with Crippen LogP contribution in [0.5, 0.6) is 0 Å². The van der Waals surface area contributed by atoms with Crippen LogP contribution < -0.4 is 14.5 Å². The number of anilines is 2. The van der Waals surface area contributed by atoms with Gasteiger partial charge in [-0.3, -0.25) is 0 Å². The molecule has 1 aliphatic rings. The summed E-state index contributed by atoms with van der Waals surface area (Å²) in [5.41, 5.74) is 0.325. The zero-order valence-electron chi connectivity index (χ0n) is 16.0. The van der Waals surface area contributed by atoms with Crippen molar-refractivity contribution in [3.8, 4) is 0 Å². The van der Waals surface area contributed by atoms with E-state index >= 15 is 0 Å². The number of halogens is 1. The number of sulfonamides is 1. The minimum atomic E-state index is -3.84. The summed E-state index contributed by atoms with van der Waals surface area (Å²) in [6.45, 7) is 3.89. The molecule has 0 bridgehead atoms. The van der Waals surface area contributed by atoms with Crippen molar-refractivity contribution >= 4 is 21.9 Å². The fourth-order valence-electron chi connectivity index (χ4n) is 2.73. The molecular formula is C17H23FN6O3S. The second-order valence-corrected chi connectivity index (χ2v) is 8.32. The highest BCUT2D eigenvalue weighted by molar-refractivity contribution is 7.89. The minimum Gasteiger partial charge on any atom is -0.378 e. The van der Waals surface area contributed by atoms with Gasteiger partial charge in [0.15, 0.2) is 5.82 Å². The molecule has 0 atom stereocenters. The van der Waals surface area contributed by atoms with E-state index in [1.165, 1.54) is 12.1 Å². The van der Waals surface area contributed by atoms with Crippen LogP contribution in [0.3, 0.4) is 0 Å². The van der Waals surface area contributed by atoms with Crippen LogP contribution in [0.2, 0.25) is 0 Å². The van der Waals surface area contributed by atoms with Crippen molar-refractivity contribution < 1.29 is 17.5 Å². The topological polar surface area (TPSA) is 101 Å². The number of morpholine rings is 1. The molecule has 1 aromatic carbocycles. The molecule has 1 fully saturated rings. The van der Waals surface area contributed by atoms with E-state index in [0.717, 1.165) is 6.07 Å². The Morgan fingerprint density at radius 3 is 2.57 bits per heavy atom.